The molecular formula is C24H34ClFO2. The highest BCUT2D eigenvalue weighted by Gasteiger charge is 2.67. The van der Waals surface area contributed by atoms with Crippen molar-refractivity contribution in [2.45, 2.75) is 77.8 Å². The summed E-state index contributed by atoms with van der Waals surface area (Å²) >= 11 is 5.76. The van der Waals surface area contributed by atoms with E-state index in [0.717, 1.165) is 42.5 Å². The highest BCUT2D eigenvalue weighted by molar-refractivity contribution is 6.17. The van der Waals surface area contributed by atoms with Crippen LogP contribution in [0.25, 0.3) is 0 Å². The van der Waals surface area contributed by atoms with Crippen molar-refractivity contribution in [3.63, 3.8) is 0 Å². The van der Waals surface area contributed by atoms with E-state index < -0.39 is 11.1 Å². The minimum absolute atomic E-state index is 0.0320. The van der Waals surface area contributed by atoms with Crippen LogP contribution in [0, 0.1) is 28.6 Å². The molecule has 0 heterocycles. The van der Waals surface area contributed by atoms with E-state index in [0.29, 0.717) is 43.6 Å². The second kappa shape index (κ2) is 7.15. The van der Waals surface area contributed by atoms with Gasteiger partial charge >= 0.3 is 0 Å². The van der Waals surface area contributed by atoms with Crippen LogP contribution in [0.3, 0.4) is 0 Å². The summed E-state index contributed by atoms with van der Waals surface area (Å²) in [6.45, 7) is 7.21. The van der Waals surface area contributed by atoms with Crippen molar-refractivity contribution in [3.8, 4) is 0 Å². The number of carbonyl (C=O) groups is 1. The van der Waals surface area contributed by atoms with E-state index >= 15 is 4.39 Å². The maximum Gasteiger partial charge on any atom is 0.146 e. The number of hydrogen-bond donors (Lipinski definition) is 0. The van der Waals surface area contributed by atoms with E-state index in [1.807, 2.05) is 6.08 Å². The zero-order valence-corrected chi connectivity index (χ0v) is 18.3. The molecule has 0 unspecified atom stereocenters. The summed E-state index contributed by atoms with van der Waals surface area (Å²) in [7, 11) is 0. The summed E-state index contributed by atoms with van der Waals surface area (Å²) in [5, 5.41) is 0. The van der Waals surface area contributed by atoms with E-state index in [4.69, 9.17) is 16.3 Å². The quantitative estimate of drug-likeness (QED) is 0.389. The van der Waals surface area contributed by atoms with E-state index in [1.54, 1.807) is 0 Å². The molecule has 2 nitrogen and oxygen atoms in total. The minimum Gasteiger partial charge on any atom is -0.497 e. The second-order valence-electron chi connectivity index (χ2n) is 10.0. The first kappa shape index (κ1) is 20.4. The summed E-state index contributed by atoms with van der Waals surface area (Å²) in [6.07, 6.45) is 10.1. The first-order chi connectivity index (χ1) is 13.3. The molecule has 28 heavy (non-hydrogen) atoms. The fraction of sp³-hybridized carbons (Fsp3) is 0.792. The Labute approximate surface area is 173 Å². The molecule has 0 radical (unpaired) electrons. The lowest BCUT2D eigenvalue weighted by atomic mass is 9.45. The van der Waals surface area contributed by atoms with Crippen molar-refractivity contribution in [1.82, 2.24) is 0 Å². The van der Waals surface area contributed by atoms with Crippen molar-refractivity contribution >= 4 is 17.9 Å². The highest BCUT2D eigenvalue weighted by atomic mass is 35.5. The summed E-state index contributed by atoms with van der Waals surface area (Å²) in [6, 6.07) is 0. The van der Waals surface area contributed by atoms with Crippen LogP contribution in [0.5, 0.6) is 0 Å². The van der Waals surface area contributed by atoms with Crippen molar-refractivity contribution in [3.05, 3.63) is 23.0 Å². The number of fused-ring (bicyclic) bond motifs is 5. The number of alkyl halides is 2. The number of halogens is 2. The van der Waals surface area contributed by atoms with Crippen LogP contribution in [-0.4, -0.2) is 24.4 Å². The zero-order chi connectivity index (χ0) is 20.2. The second-order valence-corrected chi connectivity index (χ2v) is 10.4. The first-order valence-electron chi connectivity index (χ1n) is 11.1. The number of allylic oxidation sites excluding steroid dienone is 4. The molecule has 156 valence electrons. The molecule has 0 spiro atoms. The minimum atomic E-state index is -1.23. The largest absolute Gasteiger partial charge is 0.497 e. The van der Waals surface area contributed by atoms with Crippen LogP contribution in [0.2, 0.25) is 0 Å². The summed E-state index contributed by atoms with van der Waals surface area (Å²) < 4.78 is 22.8. The summed E-state index contributed by atoms with van der Waals surface area (Å²) in [4.78, 5) is 12.1. The van der Waals surface area contributed by atoms with Gasteiger partial charge in [-0.25, -0.2) is 4.39 Å². The smallest absolute Gasteiger partial charge is 0.146 e. The molecule has 4 aliphatic rings. The Morgan fingerprint density at radius 1 is 1.25 bits per heavy atom. The Bertz CT molecular complexity index is 715. The van der Waals surface area contributed by atoms with E-state index in [9.17, 15) is 4.79 Å². The van der Waals surface area contributed by atoms with Gasteiger partial charge in [0.15, 0.2) is 0 Å². The third-order valence-electron chi connectivity index (χ3n) is 9.18. The van der Waals surface area contributed by atoms with Gasteiger partial charge in [0.2, 0.25) is 0 Å². The molecule has 0 aromatic rings. The molecule has 0 aromatic heterocycles. The molecule has 2 saturated carbocycles. The number of aldehydes is 1. The van der Waals surface area contributed by atoms with Crippen molar-refractivity contribution in [1.29, 1.82) is 0 Å². The van der Waals surface area contributed by atoms with Crippen LogP contribution < -0.4 is 0 Å². The first-order valence-corrected chi connectivity index (χ1v) is 11.6. The Balaban J connectivity index is 1.76. The van der Waals surface area contributed by atoms with E-state index in [1.165, 1.54) is 12.8 Å². The van der Waals surface area contributed by atoms with Crippen LogP contribution in [0.15, 0.2) is 23.0 Å². The molecule has 0 aliphatic heterocycles. The molecule has 0 N–H and O–H groups in total. The molecule has 2 fully saturated rings. The SMILES string of the molecule is CC[C@H]1CC[C@H]2[C@@H]3CC(C=O)=C4C=C(OCCCl)CC[C@]4(C)[C@@]3(F)CC[C@]12C. The standard InChI is InChI=1S/C24H34ClFO2/c1-4-17-5-6-19-21-13-16(15-27)20-14-18(28-12-11-25)7-8-23(20,3)24(21,26)10-9-22(17,19)2/h14-15,17,19,21H,4-13H2,1-3H3/t17-,19-,21-,22+,23-,24+/m0/s1. The van der Waals surface area contributed by atoms with Crippen LogP contribution in [0.4, 0.5) is 4.39 Å². The van der Waals surface area contributed by atoms with Crippen molar-refractivity contribution < 1.29 is 13.9 Å². The lowest BCUT2D eigenvalue weighted by Gasteiger charge is -2.61. The van der Waals surface area contributed by atoms with Crippen LogP contribution in [-0.2, 0) is 9.53 Å². The highest BCUT2D eigenvalue weighted by Crippen LogP contribution is 2.69. The number of carbonyl (C=O) groups excluding carboxylic acids is 1. The zero-order valence-electron chi connectivity index (χ0n) is 17.5. The predicted molar refractivity (Wildman–Crippen MR) is 111 cm³/mol. The maximum absolute atomic E-state index is 17.0. The molecular weight excluding hydrogens is 375 g/mol. The predicted octanol–water partition coefficient (Wildman–Crippen LogP) is 6.39. The van der Waals surface area contributed by atoms with Gasteiger partial charge in [0, 0.05) is 17.8 Å². The van der Waals surface area contributed by atoms with Gasteiger partial charge in [-0.3, -0.25) is 4.79 Å². The van der Waals surface area contributed by atoms with Gasteiger partial charge in [-0.05, 0) is 73.0 Å². The number of hydrogen-bond acceptors (Lipinski definition) is 2. The van der Waals surface area contributed by atoms with Crippen LogP contribution >= 0.6 is 11.6 Å². The number of rotatable bonds is 5. The Kier molecular flexibility index (Phi) is 5.22. The van der Waals surface area contributed by atoms with Gasteiger partial charge in [-0.15, -0.1) is 11.6 Å². The third-order valence-corrected chi connectivity index (χ3v) is 9.33. The fourth-order valence-corrected chi connectivity index (χ4v) is 7.61. The Morgan fingerprint density at radius 2 is 2.04 bits per heavy atom. The van der Waals surface area contributed by atoms with Gasteiger partial charge in [0.1, 0.15) is 18.6 Å². The number of ether oxygens (including phenoxy) is 1. The van der Waals surface area contributed by atoms with Gasteiger partial charge in [0.25, 0.3) is 0 Å². The summed E-state index contributed by atoms with van der Waals surface area (Å²) in [5.74, 6) is 2.34. The van der Waals surface area contributed by atoms with Gasteiger partial charge in [0.05, 0.1) is 11.6 Å². The molecule has 0 bridgehead atoms. The Hall–Kier alpha value is -0.830. The molecule has 0 aromatic carbocycles. The van der Waals surface area contributed by atoms with Gasteiger partial charge < -0.3 is 4.74 Å². The van der Waals surface area contributed by atoms with E-state index in [-0.39, 0.29) is 11.3 Å². The topological polar surface area (TPSA) is 26.3 Å². The molecule has 4 rings (SSSR count). The van der Waals surface area contributed by atoms with Crippen molar-refractivity contribution in [2.75, 3.05) is 12.5 Å². The maximum atomic E-state index is 17.0. The monoisotopic (exact) mass is 408 g/mol. The van der Waals surface area contributed by atoms with Crippen LogP contribution in [0.1, 0.15) is 72.1 Å². The van der Waals surface area contributed by atoms with Gasteiger partial charge in [-0.1, -0.05) is 27.2 Å². The molecule has 4 aliphatic carbocycles. The molecule has 6 atom stereocenters. The average molecular weight is 409 g/mol. The van der Waals surface area contributed by atoms with Gasteiger partial charge in [-0.2, -0.15) is 0 Å². The third kappa shape index (κ3) is 2.67. The Morgan fingerprint density at radius 3 is 2.71 bits per heavy atom. The fourth-order valence-electron chi connectivity index (χ4n) is 7.53. The van der Waals surface area contributed by atoms with Crippen molar-refractivity contribution in [2.24, 2.45) is 28.6 Å². The van der Waals surface area contributed by atoms with E-state index in [2.05, 4.69) is 20.8 Å². The normalized spacial score (nSPS) is 45.0. The lowest BCUT2D eigenvalue weighted by molar-refractivity contribution is -0.136. The molecule has 0 amide bonds. The summed E-state index contributed by atoms with van der Waals surface area (Å²) in [5.41, 5.74) is 0.111. The average Bonchev–Trinajstić information content (AvgIpc) is 3.03. The molecule has 4 heteroatoms. The molecule has 0 saturated heterocycles. The lowest BCUT2D eigenvalue weighted by Crippen LogP contribution is -2.60.